The monoisotopic (exact) mass is 527 g/mol. The van der Waals surface area contributed by atoms with Gasteiger partial charge in [-0.05, 0) is 72.7 Å². The first-order chi connectivity index (χ1) is 18.6. The number of nitrogens with two attached hydrogens (primary N) is 1. The van der Waals surface area contributed by atoms with Crippen molar-refractivity contribution in [3.8, 4) is 0 Å². The highest BCUT2D eigenvalue weighted by Gasteiger charge is 2.51. The first-order valence-corrected chi connectivity index (χ1v) is 13.1. The molecule has 2 unspecified atom stereocenters. The Morgan fingerprint density at radius 3 is 2.74 bits per heavy atom. The van der Waals surface area contributed by atoms with Crippen LogP contribution in [0, 0.1) is 11.2 Å². The van der Waals surface area contributed by atoms with E-state index in [1.807, 2.05) is 44.2 Å². The number of nitrogens with one attached hydrogen (secondary N) is 2. The second-order valence-corrected chi connectivity index (χ2v) is 11.5. The zero-order valence-electron chi connectivity index (χ0n) is 21.9. The van der Waals surface area contributed by atoms with Crippen molar-refractivity contribution < 1.29 is 18.8 Å². The normalized spacial score (nSPS) is 22.9. The minimum absolute atomic E-state index is 0.0405. The SMILES string of the molecule is CC1(C)CCC(c2ccc(N)c(F)c2)N(CC(=O)Nc2ccc3c(c2)CC2(C3)C(=O)Nc3ncccc32)C1=O. The Kier molecular flexibility index (Phi) is 5.71. The standard InChI is InChI=1S/C30H30FN5O3/c1-29(2)10-9-24(17-6-8-23(32)22(31)13-17)36(28(29)39)16-25(37)34-20-7-5-18-14-30(15-19(18)12-20)21-4-3-11-33-26(21)35-27(30)38/h3-8,11-13,24H,9-10,14-16,32H2,1-2H3,(H,34,37)(H,33,35,38). The maximum absolute atomic E-state index is 14.2. The number of piperidine rings is 1. The highest BCUT2D eigenvalue weighted by atomic mass is 19.1. The van der Waals surface area contributed by atoms with Crippen molar-refractivity contribution in [1.29, 1.82) is 0 Å². The molecule has 39 heavy (non-hydrogen) atoms. The Hall–Kier alpha value is -4.27. The van der Waals surface area contributed by atoms with Crippen LogP contribution in [0.15, 0.2) is 54.7 Å². The summed E-state index contributed by atoms with van der Waals surface area (Å²) in [5.74, 6) is -0.494. The molecule has 0 radical (unpaired) electrons. The van der Waals surface area contributed by atoms with Crippen LogP contribution in [0.5, 0.6) is 0 Å². The second-order valence-electron chi connectivity index (χ2n) is 11.5. The predicted octanol–water partition coefficient (Wildman–Crippen LogP) is 4.12. The Morgan fingerprint density at radius 1 is 1.15 bits per heavy atom. The van der Waals surface area contributed by atoms with Gasteiger partial charge in [0.2, 0.25) is 17.7 Å². The number of pyridine rings is 1. The minimum atomic E-state index is -0.693. The molecule has 1 saturated heterocycles. The van der Waals surface area contributed by atoms with E-state index in [1.54, 1.807) is 17.2 Å². The van der Waals surface area contributed by atoms with Crippen molar-refractivity contribution in [2.45, 2.75) is 51.0 Å². The molecule has 0 saturated carbocycles. The Labute approximate surface area is 225 Å². The van der Waals surface area contributed by atoms with Crippen molar-refractivity contribution in [3.05, 3.63) is 82.8 Å². The Balaban J connectivity index is 1.21. The number of anilines is 3. The van der Waals surface area contributed by atoms with Gasteiger partial charge in [-0.3, -0.25) is 14.4 Å². The summed E-state index contributed by atoms with van der Waals surface area (Å²) >= 11 is 0. The molecular formula is C30H30FN5O3. The van der Waals surface area contributed by atoms with Gasteiger partial charge in [0.05, 0.1) is 17.1 Å². The third-order valence-corrected chi connectivity index (χ3v) is 8.45. The number of benzene rings is 2. The van der Waals surface area contributed by atoms with E-state index in [-0.39, 0.29) is 30.0 Å². The van der Waals surface area contributed by atoms with Gasteiger partial charge in [-0.15, -0.1) is 0 Å². The average molecular weight is 528 g/mol. The summed E-state index contributed by atoms with van der Waals surface area (Å²) in [5.41, 5.74) is 8.53. The largest absolute Gasteiger partial charge is 0.396 e. The highest BCUT2D eigenvalue weighted by molar-refractivity contribution is 6.06. The number of fused-ring (bicyclic) bond motifs is 3. The van der Waals surface area contributed by atoms with Crippen LogP contribution < -0.4 is 16.4 Å². The molecule has 1 spiro atoms. The fourth-order valence-corrected chi connectivity index (χ4v) is 6.27. The summed E-state index contributed by atoms with van der Waals surface area (Å²) in [6.07, 6.45) is 3.98. The van der Waals surface area contributed by atoms with E-state index >= 15 is 0 Å². The molecule has 1 aliphatic carbocycles. The number of carbonyl (C=O) groups is 3. The lowest BCUT2D eigenvalue weighted by atomic mass is 9.78. The van der Waals surface area contributed by atoms with Crippen LogP contribution in [0.4, 0.5) is 21.6 Å². The third-order valence-electron chi connectivity index (χ3n) is 8.45. The van der Waals surface area contributed by atoms with Gasteiger partial charge >= 0.3 is 0 Å². The number of hydrogen-bond donors (Lipinski definition) is 3. The molecular weight excluding hydrogens is 497 g/mol. The molecule has 3 amide bonds. The van der Waals surface area contributed by atoms with Crippen LogP contribution in [0.3, 0.4) is 0 Å². The van der Waals surface area contributed by atoms with E-state index in [9.17, 15) is 18.8 Å². The summed E-state index contributed by atoms with van der Waals surface area (Å²) in [5, 5.41) is 5.83. The molecule has 200 valence electrons. The molecule has 1 fully saturated rings. The number of hydrogen-bond acceptors (Lipinski definition) is 5. The minimum Gasteiger partial charge on any atom is -0.396 e. The van der Waals surface area contributed by atoms with Gasteiger partial charge in [0.15, 0.2) is 0 Å². The van der Waals surface area contributed by atoms with Crippen LogP contribution >= 0.6 is 0 Å². The van der Waals surface area contributed by atoms with Crippen LogP contribution in [0.2, 0.25) is 0 Å². The number of likely N-dealkylation sites (tertiary alicyclic amines) is 1. The van der Waals surface area contributed by atoms with E-state index in [2.05, 4.69) is 15.6 Å². The first kappa shape index (κ1) is 25.0. The summed E-state index contributed by atoms with van der Waals surface area (Å²) < 4.78 is 14.2. The fourth-order valence-electron chi connectivity index (χ4n) is 6.27. The maximum atomic E-state index is 14.2. The van der Waals surface area contributed by atoms with Gasteiger partial charge in [-0.1, -0.05) is 32.0 Å². The van der Waals surface area contributed by atoms with Crippen LogP contribution in [-0.2, 0) is 32.6 Å². The topological polar surface area (TPSA) is 117 Å². The van der Waals surface area contributed by atoms with Crippen molar-refractivity contribution >= 4 is 34.9 Å². The molecule has 9 heteroatoms. The number of halogens is 1. The number of nitrogens with zero attached hydrogens (tertiary/aromatic N) is 2. The number of nitrogen functional groups attached to an aromatic ring is 1. The summed E-state index contributed by atoms with van der Waals surface area (Å²) in [6.45, 7) is 3.56. The number of amides is 3. The van der Waals surface area contributed by atoms with Crippen LogP contribution in [0.1, 0.15) is 55.0 Å². The zero-order chi connectivity index (χ0) is 27.5. The van der Waals surface area contributed by atoms with Crippen molar-refractivity contribution in [1.82, 2.24) is 9.88 Å². The van der Waals surface area contributed by atoms with E-state index in [1.165, 1.54) is 12.1 Å². The zero-order valence-corrected chi connectivity index (χ0v) is 21.9. The molecule has 2 aliphatic heterocycles. The molecule has 4 N–H and O–H groups in total. The van der Waals surface area contributed by atoms with Gasteiger partial charge in [-0.25, -0.2) is 9.37 Å². The van der Waals surface area contributed by atoms with Crippen molar-refractivity contribution in [2.24, 2.45) is 5.41 Å². The Morgan fingerprint density at radius 2 is 1.95 bits per heavy atom. The number of rotatable bonds is 4. The molecule has 1 aromatic heterocycles. The lowest BCUT2D eigenvalue weighted by molar-refractivity contribution is -0.150. The van der Waals surface area contributed by atoms with E-state index in [4.69, 9.17) is 5.73 Å². The molecule has 6 rings (SSSR count). The van der Waals surface area contributed by atoms with Gasteiger partial charge in [-0.2, -0.15) is 0 Å². The summed E-state index contributed by atoms with van der Waals surface area (Å²) in [6, 6.07) is 13.6. The van der Waals surface area contributed by atoms with Gasteiger partial charge in [0.25, 0.3) is 0 Å². The lowest BCUT2D eigenvalue weighted by Crippen LogP contribution is -2.50. The molecule has 2 atom stereocenters. The average Bonchev–Trinajstić information content (AvgIpc) is 3.41. The molecule has 3 aromatic rings. The third kappa shape index (κ3) is 4.13. The smallest absolute Gasteiger partial charge is 0.244 e. The number of carbonyl (C=O) groups excluding carboxylic acids is 3. The van der Waals surface area contributed by atoms with Gasteiger partial charge in [0, 0.05) is 22.9 Å². The van der Waals surface area contributed by atoms with Crippen molar-refractivity contribution in [3.63, 3.8) is 0 Å². The summed E-state index contributed by atoms with van der Waals surface area (Å²) in [7, 11) is 0. The highest BCUT2D eigenvalue weighted by Crippen LogP contribution is 2.47. The second kappa shape index (κ2) is 8.90. The molecule has 0 bridgehead atoms. The predicted molar refractivity (Wildman–Crippen MR) is 145 cm³/mol. The van der Waals surface area contributed by atoms with Gasteiger partial charge < -0.3 is 21.3 Å². The Bertz CT molecular complexity index is 1540. The van der Waals surface area contributed by atoms with Gasteiger partial charge in [0.1, 0.15) is 18.2 Å². The number of aromatic nitrogens is 1. The molecule has 3 aliphatic rings. The molecule has 8 nitrogen and oxygen atoms in total. The molecule has 2 aromatic carbocycles. The summed E-state index contributed by atoms with van der Waals surface area (Å²) in [4.78, 5) is 45.5. The molecule has 3 heterocycles. The fraction of sp³-hybridized carbons (Fsp3) is 0.333. The van der Waals surface area contributed by atoms with E-state index < -0.39 is 22.7 Å². The quantitative estimate of drug-likeness (QED) is 0.441. The first-order valence-electron chi connectivity index (χ1n) is 13.1. The van der Waals surface area contributed by atoms with Crippen molar-refractivity contribution in [2.75, 3.05) is 22.9 Å². The van der Waals surface area contributed by atoms with Crippen LogP contribution in [0.25, 0.3) is 0 Å². The van der Waals surface area contributed by atoms with E-state index in [0.717, 1.165) is 16.7 Å². The maximum Gasteiger partial charge on any atom is 0.244 e. The van der Waals surface area contributed by atoms with E-state index in [0.29, 0.717) is 42.8 Å². The van der Waals surface area contributed by atoms with Crippen LogP contribution in [-0.4, -0.2) is 34.2 Å². The lowest BCUT2D eigenvalue weighted by Gasteiger charge is -2.43.